The molecule has 0 spiro atoms. The van der Waals surface area contributed by atoms with E-state index in [-0.39, 0.29) is 24.4 Å². The number of phenols is 1. The maximum Gasteiger partial charge on any atom is 0.257 e. The fourth-order valence-corrected chi connectivity index (χ4v) is 1.39. The van der Waals surface area contributed by atoms with E-state index in [0.717, 1.165) is 6.42 Å². The number of benzene rings is 1. The minimum Gasteiger partial charge on any atom is -0.504 e. The van der Waals surface area contributed by atoms with E-state index < -0.39 is 0 Å². The van der Waals surface area contributed by atoms with Gasteiger partial charge in [-0.1, -0.05) is 12.1 Å². The van der Waals surface area contributed by atoms with Gasteiger partial charge in [0.15, 0.2) is 18.1 Å². The molecule has 1 aromatic carbocycles. The fraction of sp³-hybridized carbons (Fsp3) is 0.500. The van der Waals surface area contributed by atoms with Gasteiger partial charge in [0.1, 0.15) is 0 Å². The normalized spacial score (nSPS) is 10.5. The van der Waals surface area contributed by atoms with Crippen molar-refractivity contribution >= 4 is 5.91 Å². The van der Waals surface area contributed by atoms with Crippen LogP contribution in [0.5, 0.6) is 11.5 Å². The number of amides is 1. The van der Waals surface area contributed by atoms with Crippen molar-refractivity contribution in [2.75, 3.05) is 19.8 Å². The summed E-state index contributed by atoms with van der Waals surface area (Å²) in [4.78, 5) is 11.5. The molecule has 0 aromatic heterocycles. The van der Waals surface area contributed by atoms with Crippen molar-refractivity contribution in [2.24, 2.45) is 0 Å². The van der Waals surface area contributed by atoms with E-state index >= 15 is 0 Å². The van der Waals surface area contributed by atoms with Crippen LogP contribution in [0.2, 0.25) is 0 Å². The maximum absolute atomic E-state index is 11.5. The first-order valence-corrected chi connectivity index (χ1v) is 6.38. The Hall–Kier alpha value is -1.75. The molecule has 0 saturated carbocycles. The number of ether oxygens (including phenoxy) is 2. The average Bonchev–Trinajstić information content (AvgIpc) is 2.37. The highest BCUT2D eigenvalue weighted by atomic mass is 16.5. The van der Waals surface area contributed by atoms with Crippen LogP contribution in [-0.2, 0) is 9.53 Å². The molecular formula is C14H21NO4. The molecule has 0 aliphatic heterocycles. The van der Waals surface area contributed by atoms with E-state index in [1.165, 1.54) is 6.07 Å². The molecule has 0 bridgehead atoms. The van der Waals surface area contributed by atoms with Crippen molar-refractivity contribution in [3.8, 4) is 11.5 Å². The predicted molar refractivity (Wildman–Crippen MR) is 72.3 cm³/mol. The minimum absolute atomic E-state index is 0.0284. The molecule has 5 heteroatoms. The van der Waals surface area contributed by atoms with Crippen molar-refractivity contribution in [3.05, 3.63) is 24.3 Å². The Kier molecular flexibility index (Phi) is 6.74. The molecule has 2 N–H and O–H groups in total. The monoisotopic (exact) mass is 267 g/mol. The van der Waals surface area contributed by atoms with Crippen LogP contribution in [0.3, 0.4) is 0 Å². The van der Waals surface area contributed by atoms with Crippen LogP contribution in [-0.4, -0.2) is 36.9 Å². The van der Waals surface area contributed by atoms with Crippen LogP contribution < -0.4 is 10.1 Å². The molecule has 0 unspecified atom stereocenters. The standard InChI is InChI=1S/C14H21NO4/c1-11(2)18-9-5-8-15-14(17)10-19-13-7-4-3-6-12(13)16/h3-4,6-7,11,16H,5,8-10H2,1-2H3,(H,15,17). The highest BCUT2D eigenvalue weighted by Gasteiger charge is 2.05. The number of rotatable bonds is 8. The Bertz CT molecular complexity index is 393. The third kappa shape index (κ3) is 6.67. The SMILES string of the molecule is CC(C)OCCCNC(=O)COc1ccccc1O. The van der Waals surface area contributed by atoms with E-state index in [1.807, 2.05) is 13.8 Å². The lowest BCUT2D eigenvalue weighted by Gasteiger charge is -2.09. The van der Waals surface area contributed by atoms with Crippen LogP contribution in [0.4, 0.5) is 0 Å². The summed E-state index contributed by atoms with van der Waals surface area (Å²) in [6.07, 6.45) is 0.973. The fourth-order valence-electron chi connectivity index (χ4n) is 1.39. The Morgan fingerprint density at radius 3 is 2.79 bits per heavy atom. The molecule has 0 aliphatic rings. The number of hydrogen-bond acceptors (Lipinski definition) is 4. The summed E-state index contributed by atoms with van der Waals surface area (Å²) < 4.78 is 10.6. The molecule has 106 valence electrons. The van der Waals surface area contributed by atoms with Crippen LogP contribution in [0.1, 0.15) is 20.3 Å². The Labute approximate surface area is 113 Å². The molecule has 19 heavy (non-hydrogen) atoms. The summed E-state index contributed by atoms with van der Waals surface area (Å²) in [5, 5.41) is 12.2. The molecule has 1 rings (SSSR count). The van der Waals surface area contributed by atoms with E-state index in [9.17, 15) is 9.90 Å². The summed E-state index contributed by atoms with van der Waals surface area (Å²) in [5.74, 6) is 0.120. The van der Waals surface area contributed by atoms with Crippen molar-refractivity contribution in [2.45, 2.75) is 26.4 Å². The number of aromatic hydroxyl groups is 1. The first-order valence-electron chi connectivity index (χ1n) is 6.38. The maximum atomic E-state index is 11.5. The molecule has 0 fully saturated rings. The number of phenolic OH excluding ortho intramolecular Hbond substituents is 1. The number of hydrogen-bond donors (Lipinski definition) is 2. The largest absolute Gasteiger partial charge is 0.504 e. The lowest BCUT2D eigenvalue weighted by molar-refractivity contribution is -0.123. The van der Waals surface area contributed by atoms with Gasteiger partial charge in [-0.3, -0.25) is 4.79 Å². The quantitative estimate of drug-likeness (QED) is 0.703. The Balaban J connectivity index is 2.13. The first kappa shape index (κ1) is 15.3. The van der Waals surface area contributed by atoms with Crippen LogP contribution in [0.15, 0.2) is 24.3 Å². The molecule has 0 radical (unpaired) electrons. The summed E-state index contributed by atoms with van der Waals surface area (Å²) in [7, 11) is 0. The summed E-state index contributed by atoms with van der Waals surface area (Å²) in [6, 6.07) is 6.54. The first-order chi connectivity index (χ1) is 9.09. The molecule has 5 nitrogen and oxygen atoms in total. The smallest absolute Gasteiger partial charge is 0.257 e. The minimum atomic E-state index is -0.215. The van der Waals surface area contributed by atoms with Crippen molar-refractivity contribution < 1.29 is 19.4 Å². The number of nitrogens with one attached hydrogen (secondary N) is 1. The van der Waals surface area contributed by atoms with Gasteiger partial charge in [0.25, 0.3) is 5.91 Å². The predicted octanol–water partition coefficient (Wildman–Crippen LogP) is 1.70. The van der Waals surface area contributed by atoms with E-state index in [2.05, 4.69) is 5.32 Å². The van der Waals surface area contributed by atoms with Crippen LogP contribution in [0, 0.1) is 0 Å². The second-order valence-electron chi connectivity index (χ2n) is 4.38. The zero-order valence-corrected chi connectivity index (χ0v) is 11.4. The van der Waals surface area contributed by atoms with Crippen molar-refractivity contribution in [1.29, 1.82) is 0 Å². The third-order valence-electron chi connectivity index (χ3n) is 2.32. The van der Waals surface area contributed by atoms with Gasteiger partial charge in [-0.25, -0.2) is 0 Å². The number of carbonyl (C=O) groups excluding carboxylic acids is 1. The zero-order chi connectivity index (χ0) is 14.1. The van der Waals surface area contributed by atoms with Gasteiger partial charge in [0.05, 0.1) is 6.10 Å². The van der Waals surface area contributed by atoms with Gasteiger partial charge in [-0.05, 0) is 32.4 Å². The molecule has 0 atom stereocenters. The Morgan fingerprint density at radius 1 is 1.37 bits per heavy atom. The highest BCUT2D eigenvalue weighted by Crippen LogP contribution is 2.23. The van der Waals surface area contributed by atoms with E-state index in [4.69, 9.17) is 9.47 Å². The van der Waals surface area contributed by atoms with Crippen molar-refractivity contribution in [1.82, 2.24) is 5.32 Å². The number of carbonyl (C=O) groups is 1. The number of para-hydroxylation sites is 2. The van der Waals surface area contributed by atoms with Gasteiger partial charge < -0.3 is 19.9 Å². The molecule has 1 aromatic rings. The zero-order valence-electron chi connectivity index (χ0n) is 11.4. The summed E-state index contributed by atoms with van der Waals surface area (Å²) in [5.41, 5.74) is 0. The third-order valence-corrected chi connectivity index (χ3v) is 2.32. The lowest BCUT2D eigenvalue weighted by Crippen LogP contribution is -2.30. The van der Waals surface area contributed by atoms with Gasteiger partial charge in [-0.2, -0.15) is 0 Å². The molecular weight excluding hydrogens is 246 g/mol. The molecule has 0 saturated heterocycles. The van der Waals surface area contributed by atoms with Gasteiger partial charge >= 0.3 is 0 Å². The topological polar surface area (TPSA) is 67.8 Å². The van der Waals surface area contributed by atoms with E-state index in [0.29, 0.717) is 18.9 Å². The second-order valence-corrected chi connectivity index (χ2v) is 4.38. The van der Waals surface area contributed by atoms with Gasteiger partial charge in [0, 0.05) is 13.2 Å². The molecule has 1 amide bonds. The van der Waals surface area contributed by atoms with Crippen molar-refractivity contribution in [3.63, 3.8) is 0 Å². The van der Waals surface area contributed by atoms with Crippen LogP contribution in [0.25, 0.3) is 0 Å². The summed E-state index contributed by atoms with van der Waals surface area (Å²) in [6.45, 7) is 5.01. The van der Waals surface area contributed by atoms with Gasteiger partial charge in [0.2, 0.25) is 0 Å². The van der Waals surface area contributed by atoms with Crippen LogP contribution >= 0.6 is 0 Å². The van der Waals surface area contributed by atoms with E-state index in [1.54, 1.807) is 18.2 Å². The molecule has 0 heterocycles. The summed E-state index contributed by atoms with van der Waals surface area (Å²) >= 11 is 0. The second kappa shape index (κ2) is 8.37. The highest BCUT2D eigenvalue weighted by molar-refractivity contribution is 5.77. The van der Waals surface area contributed by atoms with Gasteiger partial charge in [-0.15, -0.1) is 0 Å². The average molecular weight is 267 g/mol. The lowest BCUT2D eigenvalue weighted by atomic mass is 10.3. The Morgan fingerprint density at radius 2 is 2.11 bits per heavy atom. The molecule has 0 aliphatic carbocycles.